The molecule has 2 atom stereocenters. The van der Waals surface area contributed by atoms with Crippen molar-refractivity contribution in [1.82, 2.24) is 10.2 Å². The predicted molar refractivity (Wildman–Crippen MR) is 84.8 cm³/mol. The fourth-order valence-electron chi connectivity index (χ4n) is 3.73. The maximum Gasteiger partial charge on any atom is 0.0478 e. The molecule has 0 amide bonds. The van der Waals surface area contributed by atoms with E-state index in [4.69, 9.17) is 0 Å². The Hall–Kier alpha value is -0.860. The second-order valence-electron chi connectivity index (χ2n) is 7.02. The summed E-state index contributed by atoms with van der Waals surface area (Å²) in [4.78, 5) is 2.78. The SMILES string of the molecule is CCC1CN(C(C)(C)C2CC2)C(c2ccccc2)CN1. The summed E-state index contributed by atoms with van der Waals surface area (Å²) in [7, 11) is 0. The van der Waals surface area contributed by atoms with E-state index in [9.17, 15) is 0 Å². The maximum absolute atomic E-state index is 3.74. The van der Waals surface area contributed by atoms with Crippen molar-refractivity contribution in [2.75, 3.05) is 13.1 Å². The van der Waals surface area contributed by atoms with Crippen LogP contribution in [0.3, 0.4) is 0 Å². The van der Waals surface area contributed by atoms with E-state index in [0.717, 1.165) is 12.5 Å². The van der Waals surface area contributed by atoms with Crippen LogP contribution in [0.25, 0.3) is 0 Å². The Bertz CT molecular complexity index is 436. The molecule has 1 aromatic rings. The number of nitrogens with zero attached hydrogens (tertiary/aromatic N) is 1. The van der Waals surface area contributed by atoms with Crippen molar-refractivity contribution in [3.05, 3.63) is 35.9 Å². The lowest BCUT2D eigenvalue weighted by molar-refractivity contribution is 0.0151. The minimum Gasteiger partial charge on any atom is -0.311 e. The van der Waals surface area contributed by atoms with Crippen LogP contribution in [0, 0.1) is 5.92 Å². The Morgan fingerprint density at radius 3 is 2.50 bits per heavy atom. The molecular weight excluding hydrogens is 244 g/mol. The molecule has 1 aliphatic heterocycles. The van der Waals surface area contributed by atoms with Crippen LogP contribution in [-0.4, -0.2) is 29.6 Å². The van der Waals surface area contributed by atoms with Gasteiger partial charge in [-0.3, -0.25) is 4.90 Å². The molecule has 3 rings (SSSR count). The van der Waals surface area contributed by atoms with Crippen LogP contribution in [-0.2, 0) is 0 Å². The van der Waals surface area contributed by atoms with Crippen LogP contribution >= 0.6 is 0 Å². The molecule has 1 heterocycles. The number of piperazine rings is 1. The van der Waals surface area contributed by atoms with Crippen molar-refractivity contribution in [3.63, 3.8) is 0 Å². The van der Waals surface area contributed by atoms with Gasteiger partial charge in [-0.05, 0) is 44.6 Å². The topological polar surface area (TPSA) is 15.3 Å². The summed E-state index contributed by atoms with van der Waals surface area (Å²) in [6.07, 6.45) is 4.04. The lowest BCUT2D eigenvalue weighted by atomic mass is 9.89. The standard InChI is InChI=1S/C18H28N2/c1-4-16-13-20(18(2,3)15-10-11-15)17(12-19-16)14-8-6-5-7-9-14/h5-9,15-17,19H,4,10-13H2,1-3H3. The van der Waals surface area contributed by atoms with E-state index in [1.54, 1.807) is 0 Å². The highest BCUT2D eigenvalue weighted by atomic mass is 15.3. The molecule has 2 aliphatic rings. The van der Waals surface area contributed by atoms with Crippen LogP contribution in [0.2, 0.25) is 0 Å². The molecular formula is C18H28N2. The van der Waals surface area contributed by atoms with E-state index in [-0.39, 0.29) is 0 Å². The van der Waals surface area contributed by atoms with Crippen molar-refractivity contribution in [2.24, 2.45) is 5.92 Å². The molecule has 2 heteroatoms. The van der Waals surface area contributed by atoms with Gasteiger partial charge in [-0.1, -0.05) is 37.3 Å². The molecule has 1 aromatic carbocycles. The van der Waals surface area contributed by atoms with Crippen molar-refractivity contribution < 1.29 is 0 Å². The summed E-state index contributed by atoms with van der Waals surface area (Å²) >= 11 is 0. The van der Waals surface area contributed by atoms with E-state index in [2.05, 4.69) is 61.3 Å². The summed E-state index contributed by atoms with van der Waals surface area (Å²) in [6, 6.07) is 12.2. The smallest absolute Gasteiger partial charge is 0.0478 e. The fourth-order valence-corrected chi connectivity index (χ4v) is 3.73. The molecule has 0 radical (unpaired) electrons. The van der Waals surface area contributed by atoms with Gasteiger partial charge in [0.15, 0.2) is 0 Å². The van der Waals surface area contributed by atoms with Gasteiger partial charge in [0.25, 0.3) is 0 Å². The van der Waals surface area contributed by atoms with Gasteiger partial charge in [0.2, 0.25) is 0 Å². The quantitative estimate of drug-likeness (QED) is 0.901. The van der Waals surface area contributed by atoms with E-state index in [0.29, 0.717) is 17.6 Å². The molecule has 110 valence electrons. The third kappa shape index (κ3) is 2.64. The highest BCUT2D eigenvalue weighted by Crippen LogP contribution is 2.46. The zero-order chi connectivity index (χ0) is 14.2. The summed E-state index contributed by atoms with van der Waals surface area (Å²) in [5.74, 6) is 0.893. The molecule has 2 nitrogen and oxygen atoms in total. The summed E-state index contributed by atoms with van der Waals surface area (Å²) in [5, 5.41) is 3.74. The highest BCUT2D eigenvalue weighted by Gasteiger charge is 2.46. The molecule has 20 heavy (non-hydrogen) atoms. The molecule has 2 unspecified atom stereocenters. The molecule has 0 bridgehead atoms. The Morgan fingerprint density at radius 2 is 1.90 bits per heavy atom. The van der Waals surface area contributed by atoms with Gasteiger partial charge in [-0.2, -0.15) is 0 Å². The minimum absolute atomic E-state index is 0.329. The van der Waals surface area contributed by atoms with E-state index < -0.39 is 0 Å². The van der Waals surface area contributed by atoms with Gasteiger partial charge in [-0.15, -0.1) is 0 Å². The first-order valence-corrected chi connectivity index (χ1v) is 8.18. The largest absolute Gasteiger partial charge is 0.311 e. The predicted octanol–water partition coefficient (Wildman–Crippen LogP) is 3.60. The summed E-state index contributed by atoms with van der Waals surface area (Å²) in [5.41, 5.74) is 1.79. The molecule has 1 N–H and O–H groups in total. The lowest BCUT2D eigenvalue weighted by Crippen LogP contribution is -2.59. The third-order valence-electron chi connectivity index (χ3n) is 5.39. The van der Waals surface area contributed by atoms with Gasteiger partial charge in [-0.25, -0.2) is 0 Å². The maximum atomic E-state index is 3.74. The van der Waals surface area contributed by atoms with E-state index >= 15 is 0 Å². The van der Waals surface area contributed by atoms with Crippen molar-refractivity contribution in [1.29, 1.82) is 0 Å². The molecule has 0 spiro atoms. The molecule has 1 saturated carbocycles. The van der Waals surface area contributed by atoms with Gasteiger partial charge in [0.05, 0.1) is 0 Å². The van der Waals surface area contributed by atoms with Gasteiger partial charge in [0, 0.05) is 30.7 Å². The first kappa shape index (κ1) is 14.1. The monoisotopic (exact) mass is 272 g/mol. The number of hydrogen-bond acceptors (Lipinski definition) is 2. The average molecular weight is 272 g/mol. The number of hydrogen-bond donors (Lipinski definition) is 1. The molecule has 0 aromatic heterocycles. The van der Waals surface area contributed by atoms with Crippen LogP contribution < -0.4 is 5.32 Å². The Morgan fingerprint density at radius 1 is 1.20 bits per heavy atom. The Balaban J connectivity index is 1.87. The van der Waals surface area contributed by atoms with Gasteiger partial charge >= 0.3 is 0 Å². The van der Waals surface area contributed by atoms with Crippen molar-refractivity contribution in [2.45, 2.75) is 57.7 Å². The first-order valence-electron chi connectivity index (χ1n) is 8.18. The number of benzene rings is 1. The van der Waals surface area contributed by atoms with Gasteiger partial charge < -0.3 is 5.32 Å². The molecule has 2 fully saturated rings. The zero-order valence-electron chi connectivity index (χ0n) is 13.1. The van der Waals surface area contributed by atoms with E-state index in [1.807, 2.05) is 0 Å². The van der Waals surface area contributed by atoms with E-state index in [1.165, 1.54) is 31.4 Å². The van der Waals surface area contributed by atoms with Crippen LogP contribution in [0.1, 0.15) is 51.6 Å². The summed E-state index contributed by atoms with van der Waals surface area (Å²) < 4.78 is 0. The van der Waals surface area contributed by atoms with Gasteiger partial charge in [0.1, 0.15) is 0 Å². The second kappa shape index (κ2) is 5.50. The Kier molecular flexibility index (Phi) is 3.87. The summed E-state index contributed by atoms with van der Waals surface area (Å²) in [6.45, 7) is 9.47. The van der Waals surface area contributed by atoms with Crippen LogP contribution in [0.5, 0.6) is 0 Å². The fraction of sp³-hybridized carbons (Fsp3) is 0.667. The van der Waals surface area contributed by atoms with Crippen LogP contribution in [0.15, 0.2) is 30.3 Å². The second-order valence-corrected chi connectivity index (χ2v) is 7.02. The molecule has 1 saturated heterocycles. The zero-order valence-corrected chi connectivity index (χ0v) is 13.1. The number of nitrogens with one attached hydrogen (secondary N) is 1. The third-order valence-corrected chi connectivity index (χ3v) is 5.39. The minimum atomic E-state index is 0.329. The number of rotatable bonds is 4. The first-order chi connectivity index (χ1) is 9.63. The normalized spacial score (nSPS) is 28.6. The average Bonchev–Trinajstić information content (AvgIpc) is 3.32. The Labute approximate surface area is 123 Å². The van der Waals surface area contributed by atoms with Crippen molar-refractivity contribution in [3.8, 4) is 0 Å². The highest BCUT2D eigenvalue weighted by molar-refractivity contribution is 5.21. The lowest BCUT2D eigenvalue weighted by Gasteiger charge is -2.49. The molecule has 1 aliphatic carbocycles. The van der Waals surface area contributed by atoms with Crippen LogP contribution in [0.4, 0.5) is 0 Å². The van der Waals surface area contributed by atoms with Crippen molar-refractivity contribution >= 4 is 0 Å².